The van der Waals surface area contributed by atoms with Gasteiger partial charge in [0.1, 0.15) is 10.7 Å². The Bertz CT molecular complexity index is 756. The quantitative estimate of drug-likeness (QED) is 0.698. The highest BCUT2D eigenvalue weighted by atomic mass is 32.1. The molecule has 2 heterocycles. The molecule has 0 spiro atoms. The molecule has 1 aromatic heterocycles. The molecule has 0 radical (unpaired) electrons. The van der Waals surface area contributed by atoms with E-state index in [1.54, 1.807) is 29.6 Å². The molecule has 3 rings (SSSR count). The van der Waals surface area contributed by atoms with Crippen LogP contribution >= 0.6 is 11.3 Å². The lowest BCUT2D eigenvalue weighted by molar-refractivity contribution is -0.118. The third-order valence-corrected chi connectivity index (χ3v) is 4.73. The van der Waals surface area contributed by atoms with Gasteiger partial charge in [-0.15, -0.1) is 11.3 Å². The van der Waals surface area contributed by atoms with E-state index in [4.69, 9.17) is 10.5 Å². The van der Waals surface area contributed by atoms with E-state index in [-0.39, 0.29) is 11.8 Å². The molecule has 2 amide bonds. The van der Waals surface area contributed by atoms with Crippen molar-refractivity contribution in [1.82, 2.24) is 9.88 Å². The first-order valence-corrected chi connectivity index (χ1v) is 9.18. The van der Waals surface area contributed by atoms with Gasteiger partial charge in [0.25, 0.3) is 5.91 Å². The predicted octanol–water partition coefficient (Wildman–Crippen LogP) is 1.12. The third-order valence-electron chi connectivity index (χ3n) is 3.86. The maximum absolute atomic E-state index is 12.1. The Morgan fingerprint density at radius 2 is 1.81 bits per heavy atom. The van der Waals surface area contributed by atoms with Crippen molar-refractivity contribution in [1.29, 1.82) is 0 Å². The minimum Gasteiger partial charge on any atom is -0.379 e. The molecule has 9 heteroatoms. The number of thiazole rings is 1. The summed E-state index contributed by atoms with van der Waals surface area (Å²) in [7, 11) is 0. The SMILES string of the molecule is NCc1nc(C(=O)Nc2ccc(NC(=O)CN3CCOCC3)cc2)cs1. The molecule has 0 bridgehead atoms. The van der Waals surface area contributed by atoms with E-state index in [1.807, 2.05) is 0 Å². The topological polar surface area (TPSA) is 110 Å². The van der Waals surface area contributed by atoms with Crippen LogP contribution in [0.2, 0.25) is 0 Å². The van der Waals surface area contributed by atoms with Gasteiger partial charge in [-0.3, -0.25) is 14.5 Å². The molecule has 1 aliphatic heterocycles. The van der Waals surface area contributed by atoms with Crippen LogP contribution in [0.25, 0.3) is 0 Å². The lowest BCUT2D eigenvalue weighted by Crippen LogP contribution is -2.41. The fourth-order valence-corrected chi connectivity index (χ4v) is 3.16. The molecule has 0 atom stereocenters. The van der Waals surface area contributed by atoms with Crippen molar-refractivity contribution in [2.24, 2.45) is 5.73 Å². The molecule has 0 unspecified atom stereocenters. The van der Waals surface area contributed by atoms with E-state index in [1.165, 1.54) is 11.3 Å². The second-order valence-electron chi connectivity index (χ2n) is 5.80. The number of anilines is 2. The first-order valence-electron chi connectivity index (χ1n) is 8.30. The minimum absolute atomic E-state index is 0.0690. The van der Waals surface area contributed by atoms with Crippen LogP contribution in [0.4, 0.5) is 11.4 Å². The van der Waals surface area contributed by atoms with E-state index in [2.05, 4.69) is 20.5 Å². The lowest BCUT2D eigenvalue weighted by Gasteiger charge is -2.25. The molecular formula is C17H21N5O3S. The number of nitrogens with zero attached hydrogens (tertiary/aromatic N) is 2. The second-order valence-corrected chi connectivity index (χ2v) is 6.74. The van der Waals surface area contributed by atoms with E-state index in [9.17, 15) is 9.59 Å². The molecule has 1 fully saturated rings. The fourth-order valence-electron chi connectivity index (χ4n) is 2.50. The summed E-state index contributed by atoms with van der Waals surface area (Å²) in [4.78, 5) is 30.4. The Hall–Kier alpha value is -2.33. The number of hydrogen-bond donors (Lipinski definition) is 3. The van der Waals surface area contributed by atoms with Crippen LogP contribution in [0.1, 0.15) is 15.5 Å². The largest absolute Gasteiger partial charge is 0.379 e. The second kappa shape index (κ2) is 8.86. The van der Waals surface area contributed by atoms with Gasteiger partial charge in [-0.25, -0.2) is 4.98 Å². The van der Waals surface area contributed by atoms with Crippen LogP contribution in [0.15, 0.2) is 29.6 Å². The number of amides is 2. The summed E-state index contributed by atoms with van der Waals surface area (Å²) in [6.45, 7) is 3.51. The van der Waals surface area contributed by atoms with Gasteiger partial charge in [0.05, 0.1) is 19.8 Å². The van der Waals surface area contributed by atoms with Crippen LogP contribution in [0.3, 0.4) is 0 Å². The van der Waals surface area contributed by atoms with Crippen LogP contribution in [0, 0.1) is 0 Å². The first kappa shape index (κ1) is 18.5. The van der Waals surface area contributed by atoms with Crippen molar-refractivity contribution in [2.75, 3.05) is 43.5 Å². The van der Waals surface area contributed by atoms with E-state index in [0.717, 1.165) is 13.1 Å². The number of rotatable bonds is 6. The van der Waals surface area contributed by atoms with Crippen LogP contribution in [-0.2, 0) is 16.1 Å². The average Bonchev–Trinajstić information content (AvgIpc) is 3.13. The standard InChI is InChI=1S/C17H21N5O3S/c18-9-16-21-14(11-26-16)17(24)20-13-3-1-12(2-4-13)19-15(23)10-22-5-7-25-8-6-22/h1-4,11H,5-10,18H2,(H,19,23)(H,20,24). The maximum atomic E-state index is 12.1. The van der Waals surface area contributed by atoms with Gasteiger partial charge >= 0.3 is 0 Å². The number of nitrogens with one attached hydrogen (secondary N) is 2. The molecule has 8 nitrogen and oxygen atoms in total. The molecular weight excluding hydrogens is 354 g/mol. The number of aromatic nitrogens is 1. The highest BCUT2D eigenvalue weighted by molar-refractivity contribution is 7.09. The summed E-state index contributed by atoms with van der Waals surface area (Å²) in [5.41, 5.74) is 7.16. The van der Waals surface area contributed by atoms with Gasteiger partial charge in [-0.05, 0) is 24.3 Å². The van der Waals surface area contributed by atoms with Gasteiger partial charge in [0.15, 0.2) is 0 Å². The Morgan fingerprint density at radius 3 is 2.42 bits per heavy atom. The number of carbonyl (C=O) groups is 2. The van der Waals surface area contributed by atoms with Crippen LogP contribution in [0.5, 0.6) is 0 Å². The molecule has 26 heavy (non-hydrogen) atoms. The molecule has 4 N–H and O–H groups in total. The smallest absolute Gasteiger partial charge is 0.275 e. The monoisotopic (exact) mass is 375 g/mol. The first-order chi connectivity index (χ1) is 12.6. The normalized spacial score (nSPS) is 14.8. The van der Waals surface area contributed by atoms with Crippen molar-refractivity contribution in [3.05, 3.63) is 40.3 Å². The molecule has 1 aliphatic rings. The zero-order chi connectivity index (χ0) is 18.4. The van der Waals surface area contributed by atoms with Gasteiger partial charge in [-0.1, -0.05) is 0 Å². The lowest BCUT2D eigenvalue weighted by atomic mass is 10.2. The number of nitrogens with two attached hydrogens (primary N) is 1. The van der Waals surface area contributed by atoms with E-state index in [0.29, 0.717) is 48.4 Å². The van der Waals surface area contributed by atoms with Crippen molar-refractivity contribution in [3.8, 4) is 0 Å². The third kappa shape index (κ3) is 5.09. The molecule has 1 aromatic carbocycles. The van der Waals surface area contributed by atoms with Crippen molar-refractivity contribution in [3.63, 3.8) is 0 Å². The van der Waals surface area contributed by atoms with Gasteiger partial charge in [-0.2, -0.15) is 0 Å². The Balaban J connectivity index is 1.51. The average molecular weight is 375 g/mol. The number of benzene rings is 1. The number of morpholine rings is 1. The summed E-state index contributed by atoms with van der Waals surface area (Å²) < 4.78 is 5.27. The fraction of sp³-hybridized carbons (Fsp3) is 0.353. The number of hydrogen-bond acceptors (Lipinski definition) is 7. The molecule has 1 saturated heterocycles. The number of carbonyl (C=O) groups excluding carboxylic acids is 2. The minimum atomic E-state index is -0.287. The summed E-state index contributed by atoms with van der Waals surface area (Å²) in [6, 6.07) is 6.97. The highest BCUT2D eigenvalue weighted by Crippen LogP contribution is 2.16. The van der Waals surface area contributed by atoms with Gasteiger partial charge < -0.3 is 21.1 Å². The van der Waals surface area contributed by atoms with Gasteiger partial charge in [0, 0.05) is 36.4 Å². The van der Waals surface area contributed by atoms with E-state index < -0.39 is 0 Å². The van der Waals surface area contributed by atoms with Crippen LogP contribution in [-0.4, -0.2) is 54.5 Å². The summed E-state index contributed by atoms with van der Waals surface area (Å²) in [6.07, 6.45) is 0. The highest BCUT2D eigenvalue weighted by Gasteiger charge is 2.14. The van der Waals surface area contributed by atoms with Crippen molar-refractivity contribution >= 4 is 34.5 Å². The zero-order valence-corrected chi connectivity index (χ0v) is 15.1. The van der Waals surface area contributed by atoms with Gasteiger partial charge in [0.2, 0.25) is 5.91 Å². The Morgan fingerprint density at radius 1 is 1.15 bits per heavy atom. The Kier molecular flexibility index (Phi) is 6.29. The molecule has 2 aromatic rings. The number of ether oxygens (including phenoxy) is 1. The predicted molar refractivity (Wildman–Crippen MR) is 100 cm³/mol. The molecule has 138 valence electrons. The Labute approximate surface area is 155 Å². The van der Waals surface area contributed by atoms with E-state index >= 15 is 0 Å². The summed E-state index contributed by atoms with van der Waals surface area (Å²) in [5.74, 6) is -0.356. The summed E-state index contributed by atoms with van der Waals surface area (Å²) in [5, 5.41) is 8.02. The maximum Gasteiger partial charge on any atom is 0.275 e. The van der Waals surface area contributed by atoms with Crippen molar-refractivity contribution in [2.45, 2.75) is 6.54 Å². The summed E-state index contributed by atoms with van der Waals surface area (Å²) >= 11 is 1.36. The van der Waals surface area contributed by atoms with Crippen molar-refractivity contribution < 1.29 is 14.3 Å². The zero-order valence-electron chi connectivity index (χ0n) is 14.2. The van der Waals surface area contributed by atoms with Crippen LogP contribution < -0.4 is 16.4 Å². The molecule has 0 saturated carbocycles. The molecule has 0 aliphatic carbocycles.